The van der Waals surface area contributed by atoms with Gasteiger partial charge in [0, 0.05) is 11.6 Å². The van der Waals surface area contributed by atoms with E-state index in [4.69, 9.17) is 15.7 Å². The molecular formula is C15H23N3O3. The molecule has 1 aromatic carbocycles. The second-order valence-corrected chi connectivity index (χ2v) is 5.80. The molecule has 0 heterocycles. The number of oxime groups is 1. The zero-order valence-corrected chi connectivity index (χ0v) is 12.9. The molecule has 6 heteroatoms. The van der Waals surface area contributed by atoms with Gasteiger partial charge in [0.1, 0.15) is 5.60 Å². The van der Waals surface area contributed by atoms with E-state index in [1.165, 1.54) is 0 Å². The molecule has 4 N–H and O–H groups in total. The lowest BCUT2D eigenvalue weighted by molar-refractivity contribution is -0.153. The van der Waals surface area contributed by atoms with E-state index in [0.29, 0.717) is 5.56 Å². The molecule has 0 aliphatic rings. The predicted molar refractivity (Wildman–Crippen MR) is 81.2 cm³/mol. The van der Waals surface area contributed by atoms with Crippen LogP contribution in [0.15, 0.2) is 29.4 Å². The van der Waals surface area contributed by atoms with Gasteiger partial charge in [-0.2, -0.15) is 0 Å². The highest BCUT2D eigenvalue weighted by atomic mass is 16.6. The quantitative estimate of drug-likeness (QED) is 0.253. The molecule has 1 unspecified atom stereocenters. The number of nitrogens with one attached hydrogen (secondary N) is 1. The third kappa shape index (κ3) is 5.83. The first-order valence-corrected chi connectivity index (χ1v) is 6.76. The zero-order valence-electron chi connectivity index (χ0n) is 12.9. The van der Waals surface area contributed by atoms with E-state index in [-0.39, 0.29) is 24.4 Å². The van der Waals surface area contributed by atoms with Crippen LogP contribution in [-0.2, 0) is 9.53 Å². The highest BCUT2D eigenvalue weighted by Gasteiger charge is 2.17. The topological polar surface area (TPSA) is 96.9 Å². The van der Waals surface area contributed by atoms with Crippen LogP contribution in [0.4, 0.5) is 0 Å². The lowest BCUT2D eigenvalue weighted by atomic mass is 10.0. The van der Waals surface area contributed by atoms with Crippen molar-refractivity contribution in [2.24, 2.45) is 10.9 Å². The third-order valence-electron chi connectivity index (χ3n) is 2.76. The van der Waals surface area contributed by atoms with Crippen LogP contribution in [0.5, 0.6) is 0 Å². The molecular weight excluding hydrogens is 270 g/mol. The van der Waals surface area contributed by atoms with Crippen LogP contribution < -0.4 is 11.1 Å². The number of hydrogen-bond donors (Lipinski definition) is 3. The van der Waals surface area contributed by atoms with Gasteiger partial charge in [0.05, 0.1) is 6.54 Å². The van der Waals surface area contributed by atoms with Gasteiger partial charge >= 0.3 is 5.97 Å². The molecule has 0 aromatic heterocycles. The molecule has 0 saturated carbocycles. The summed E-state index contributed by atoms with van der Waals surface area (Å²) in [5.74, 6) is -0.252. The Balaban J connectivity index is 2.64. The van der Waals surface area contributed by atoms with Gasteiger partial charge in [-0.05, 0) is 39.3 Å². The van der Waals surface area contributed by atoms with Crippen molar-refractivity contribution in [1.82, 2.24) is 5.32 Å². The van der Waals surface area contributed by atoms with E-state index >= 15 is 0 Å². The number of carbonyl (C=O) groups is 1. The van der Waals surface area contributed by atoms with Crippen molar-refractivity contribution in [3.63, 3.8) is 0 Å². The Morgan fingerprint density at radius 3 is 2.71 bits per heavy atom. The van der Waals surface area contributed by atoms with Crippen molar-refractivity contribution in [2.45, 2.75) is 39.3 Å². The summed E-state index contributed by atoms with van der Waals surface area (Å²) in [6.07, 6.45) is 0. The number of ether oxygens (including phenoxy) is 1. The van der Waals surface area contributed by atoms with Crippen molar-refractivity contribution in [3.05, 3.63) is 35.4 Å². The maximum atomic E-state index is 11.7. The van der Waals surface area contributed by atoms with Gasteiger partial charge in [-0.15, -0.1) is 0 Å². The first-order valence-electron chi connectivity index (χ1n) is 6.76. The number of carbonyl (C=O) groups excluding carboxylic acids is 1. The van der Waals surface area contributed by atoms with Gasteiger partial charge < -0.3 is 21.0 Å². The van der Waals surface area contributed by atoms with Crippen molar-refractivity contribution in [1.29, 1.82) is 0 Å². The third-order valence-corrected chi connectivity index (χ3v) is 2.76. The monoisotopic (exact) mass is 293 g/mol. The second kappa shape index (κ2) is 7.08. The minimum atomic E-state index is -0.492. The van der Waals surface area contributed by atoms with Crippen molar-refractivity contribution < 1.29 is 14.7 Å². The highest BCUT2D eigenvalue weighted by Crippen LogP contribution is 2.14. The van der Waals surface area contributed by atoms with Crippen molar-refractivity contribution in [2.75, 3.05) is 6.54 Å². The summed E-state index contributed by atoms with van der Waals surface area (Å²) in [4.78, 5) is 11.7. The summed E-state index contributed by atoms with van der Waals surface area (Å²) in [5, 5.41) is 14.7. The fraction of sp³-hybridized carbons (Fsp3) is 0.467. The average molecular weight is 293 g/mol. The molecule has 1 atom stereocenters. The largest absolute Gasteiger partial charge is 0.459 e. The fourth-order valence-corrected chi connectivity index (χ4v) is 1.76. The Labute approximate surface area is 125 Å². The van der Waals surface area contributed by atoms with E-state index in [9.17, 15) is 4.79 Å². The maximum Gasteiger partial charge on any atom is 0.320 e. The fourth-order valence-electron chi connectivity index (χ4n) is 1.76. The molecule has 6 nitrogen and oxygen atoms in total. The number of amidine groups is 1. The number of esters is 1. The Morgan fingerprint density at radius 2 is 2.14 bits per heavy atom. The number of nitrogens with two attached hydrogens (primary N) is 1. The Morgan fingerprint density at radius 1 is 1.48 bits per heavy atom. The van der Waals surface area contributed by atoms with Crippen LogP contribution in [0.3, 0.4) is 0 Å². The van der Waals surface area contributed by atoms with Gasteiger partial charge in [0.2, 0.25) is 0 Å². The van der Waals surface area contributed by atoms with Gasteiger partial charge in [-0.3, -0.25) is 4.79 Å². The standard InChI is InChI=1S/C15H23N3O3/c1-10(17-9-13(19)21-15(2,3)4)11-6-5-7-12(8-11)14(16)18-20/h5-8,10,17,20H,9H2,1-4H3,(H2,16,18). The van der Waals surface area contributed by atoms with E-state index in [1.54, 1.807) is 6.07 Å². The highest BCUT2D eigenvalue weighted by molar-refractivity contribution is 5.97. The van der Waals surface area contributed by atoms with Crippen LogP contribution >= 0.6 is 0 Å². The normalized spacial score (nSPS) is 13.8. The summed E-state index contributed by atoms with van der Waals surface area (Å²) in [5.41, 5.74) is 6.63. The number of rotatable bonds is 5. The summed E-state index contributed by atoms with van der Waals surface area (Å²) >= 11 is 0. The van der Waals surface area contributed by atoms with Crippen LogP contribution in [0, 0.1) is 0 Å². The number of hydrogen-bond acceptors (Lipinski definition) is 5. The molecule has 0 saturated heterocycles. The molecule has 1 rings (SSSR count). The molecule has 116 valence electrons. The van der Waals surface area contributed by atoms with E-state index in [2.05, 4.69) is 10.5 Å². The summed E-state index contributed by atoms with van der Waals surface area (Å²) in [6, 6.07) is 7.21. The Bertz CT molecular complexity index is 521. The minimum absolute atomic E-state index is 0.0520. The van der Waals surface area contributed by atoms with Gasteiger partial charge in [0.15, 0.2) is 5.84 Å². The van der Waals surface area contributed by atoms with Crippen LogP contribution in [0.2, 0.25) is 0 Å². The molecule has 0 amide bonds. The first-order chi connectivity index (χ1) is 9.73. The average Bonchev–Trinajstić information content (AvgIpc) is 2.42. The van der Waals surface area contributed by atoms with Crippen molar-refractivity contribution >= 4 is 11.8 Å². The summed E-state index contributed by atoms with van der Waals surface area (Å²) in [6.45, 7) is 7.53. The van der Waals surface area contributed by atoms with Gasteiger partial charge in [-0.25, -0.2) is 0 Å². The van der Waals surface area contributed by atoms with Crippen LogP contribution in [0.25, 0.3) is 0 Å². The minimum Gasteiger partial charge on any atom is -0.459 e. The maximum absolute atomic E-state index is 11.7. The molecule has 21 heavy (non-hydrogen) atoms. The SMILES string of the molecule is CC(NCC(=O)OC(C)(C)C)c1cccc(/C(N)=N/O)c1. The predicted octanol–water partition coefficient (Wildman–Crippen LogP) is 1.77. The first kappa shape index (κ1) is 17.0. The van der Waals surface area contributed by atoms with Gasteiger partial charge in [-0.1, -0.05) is 23.4 Å². The molecule has 0 spiro atoms. The van der Waals surface area contributed by atoms with Crippen LogP contribution in [-0.4, -0.2) is 29.2 Å². The molecule has 0 fully saturated rings. The Hall–Kier alpha value is -2.08. The molecule has 0 bridgehead atoms. The smallest absolute Gasteiger partial charge is 0.320 e. The van der Waals surface area contributed by atoms with Crippen LogP contribution in [0.1, 0.15) is 44.9 Å². The molecule has 0 radical (unpaired) electrons. The number of nitrogens with zero attached hydrogens (tertiary/aromatic N) is 1. The zero-order chi connectivity index (χ0) is 16.0. The van der Waals surface area contributed by atoms with Gasteiger partial charge in [0.25, 0.3) is 0 Å². The summed E-state index contributed by atoms with van der Waals surface area (Å²) in [7, 11) is 0. The van der Waals surface area contributed by atoms with E-state index < -0.39 is 5.60 Å². The number of benzene rings is 1. The van der Waals surface area contributed by atoms with E-state index in [1.807, 2.05) is 45.9 Å². The molecule has 0 aliphatic heterocycles. The lowest BCUT2D eigenvalue weighted by Gasteiger charge is -2.21. The molecule has 0 aliphatic carbocycles. The summed E-state index contributed by atoms with van der Waals surface area (Å²) < 4.78 is 5.23. The van der Waals surface area contributed by atoms with Crippen molar-refractivity contribution in [3.8, 4) is 0 Å². The Kier molecular flexibility index (Phi) is 5.72. The van der Waals surface area contributed by atoms with E-state index in [0.717, 1.165) is 5.56 Å². The second-order valence-electron chi connectivity index (χ2n) is 5.80. The lowest BCUT2D eigenvalue weighted by Crippen LogP contribution is -2.32. The molecule has 1 aromatic rings.